The Kier molecular flexibility index (Phi) is 8.71. The predicted octanol–water partition coefficient (Wildman–Crippen LogP) is 2.28. The average molecular weight is 322 g/mol. The van der Waals surface area contributed by atoms with Crippen LogP contribution in [-0.2, 0) is 0 Å². The van der Waals surface area contributed by atoms with Crippen molar-refractivity contribution in [2.45, 2.75) is 45.4 Å². The highest BCUT2D eigenvalue weighted by atomic mass is 16.3. The second-order valence-electron chi connectivity index (χ2n) is 5.31. The van der Waals surface area contributed by atoms with Crippen molar-refractivity contribution >= 4 is 11.9 Å². The summed E-state index contributed by atoms with van der Waals surface area (Å²) in [6.07, 6.45) is 6.68. The SMILES string of the molecule is CCCCCCCCNN(C(=O)NN)C(=O)c1ccc(O)cc1. The summed E-state index contributed by atoms with van der Waals surface area (Å²) in [4.78, 5) is 24.1. The normalized spacial score (nSPS) is 10.3. The van der Waals surface area contributed by atoms with Gasteiger partial charge < -0.3 is 5.11 Å². The second-order valence-corrected chi connectivity index (χ2v) is 5.31. The molecule has 0 saturated carbocycles. The Morgan fingerprint density at radius 1 is 1.09 bits per heavy atom. The molecule has 1 aromatic carbocycles. The summed E-state index contributed by atoms with van der Waals surface area (Å²) in [5.74, 6) is 4.65. The molecule has 7 nitrogen and oxygen atoms in total. The zero-order chi connectivity index (χ0) is 17.1. The molecule has 1 rings (SSSR count). The van der Waals surface area contributed by atoms with Gasteiger partial charge in [-0.05, 0) is 30.7 Å². The van der Waals surface area contributed by atoms with E-state index in [2.05, 4.69) is 12.3 Å². The third-order valence-electron chi connectivity index (χ3n) is 3.44. The number of hydrazine groups is 2. The number of phenolic OH excluding ortho intramolecular Hbond substituents is 1. The number of unbranched alkanes of at least 4 members (excludes halogenated alkanes) is 5. The van der Waals surface area contributed by atoms with Crippen molar-refractivity contribution < 1.29 is 14.7 Å². The topological polar surface area (TPSA) is 108 Å². The van der Waals surface area contributed by atoms with Gasteiger partial charge in [-0.15, -0.1) is 0 Å². The lowest BCUT2D eigenvalue weighted by atomic mass is 10.1. The first kappa shape index (κ1) is 18.9. The van der Waals surface area contributed by atoms with Crippen molar-refractivity contribution in [3.8, 4) is 5.75 Å². The maximum Gasteiger partial charge on any atom is 0.353 e. The highest BCUT2D eigenvalue weighted by Crippen LogP contribution is 2.11. The van der Waals surface area contributed by atoms with Crippen LogP contribution >= 0.6 is 0 Å². The molecule has 0 bridgehead atoms. The molecule has 0 aliphatic heterocycles. The largest absolute Gasteiger partial charge is 0.508 e. The molecule has 0 heterocycles. The van der Waals surface area contributed by atoms with Crippen LogP contribution in [0.4, 0.5) is 4.79 Å². The fourth-order valence-corrected chi connectivity index (χ4v) is 2.13. The maximum absolute atomic E-state index is 12.3. The average Bonchev–Trinajstić information content (AvgIpc) is 2.57. The molecule has 0 atom stereocenters. The third-order valence-corrected chi connectivity index (χ3v) is 3.44. The maximum atomic E-state index is 12.3. The number of urea groups is 1. The van der Waals surface area contributed by atoms with E-state index in [0.717, 1.165) is 24.3 Å². The Bertz CT molecular complexity index is 491. The summed E-state index contributed by atoms with van der Waals surface area (Å²) in [5, 5.41) is 10.1. The van der Waals surface area contributed by atoms with Gasteiger partial charge in [0.1, 0.15) is 5.75 Å². The number of hydrogen-bond acceptors (Lipinski definition) is 5. The smallest absolute Gasteiger partial charge is 0.353 e. The van der Waals surface area contributed by atoms with Crippen molar-refractivity contribution in [1.29, 1.82) is 0 Å². The van der Waals surface area contributed by atoms with Crippen molar-refractivity contribution in [3.05, 3.63) is 29.8 Å². The van der Waals surface area contributed by atoms with Crippen LogP contribution in [0, 0.1) is 0 Å². The Labute approximate surface area is 136 Å². The van der Waals surface area contributed by atoms with Crippen LogP contribution in [0.5, 0.6) is 5.75 Å². The summed E-state index contributed by atoms with van der Waals surface area (Å²) < 4.78 is 0. The molecule has 0 aliphatic carbocycles. The number of carbonyl (C=O) groups is 2. The van der Waals surface area contributed by atoms with Crippen LogP contribution in [-0.4, -0.2) is 28.6 Å². The quantitative estimate of drug-likeness (QED) is 0.241. The van der Waals surface area contributed by atoms with Gasteiger partial charge in [-0.25, -0.2) is 16.1 Å². The van der Waals surface area contributed by atoms with Crippen LogP contribution in [0.2, 0.25) is 0 Å². The number of benzene rings is 1. The fourth-order valence-electron chi connectivity index (χ4n) is 2.13. The van der Waals surface area contributed by atoms with E-state index in [-0.39, 0.29) is 11.3 Å². The Hall–Kier alpha value is -2.12. The summed E-state index contributed by atoms with van der Waals surface area (Å²) >= 11 is 0. The van der Waals surface area contributed by atoms with Gasteiger partial charge in [0.25, 0.3) is 5.91 Å². The third kappa shape index (κ3) is 6.66. The Morgan fingerprint density at radius 2 is 1.70 bits per heavy atom. The van der Waals surface area contributed by atoms with Crippen LogP contribution in [0.15, 0.2) is 24.3 Å². The Balaban J connectivity index is 2.51. The van der Waals surface area contributed by atoms with Crippen molar-refractivity contribution in [3.63, 3.8) is 0 Å². The lowest BCUT2D eigenvalue weighted by molar-refractivity contribution is 0.0725. The van der Waals surface area contributed by atoms with Gasteiger partial charge in [-0.3, -0.25) is 10.2 Å². The van der Waals surface area contributed by atoms with Crippen molar-refractivity contribution in [1.82, 2.24) is 15.9 Å². The first-order chi connectivity index (χ1) is 11.1. The lowest BCUT2D eigenvalue weighted by Gasteiger charge is -2.21. The molecule has 0 aromatic heterocycles. The monoisotopic (exact) mass is 322 g/mol. The minimum atomic E-state index is -0.728. The molecule has 1 aromatic rings. The number of aromatic hydroxyl groups is 1. The standard InChI is InChI=1S/C16H26N4O3/c1-2-3-4-5-6-7-12-18-20(16(23)19-17)15(22)13-8-10-14(21)11-9-13/h8-11,18,21H,2-7,12,17H2,1H3,(H,19,23). The zero-order valence-corrected chi connectivity index (χ0v) is 13.5. The molecule has 0 unspecified atom stereocenters. The predicted molar refractivity (Wildman–Crippen MR) is 88.4 cm³/mol. The van der Waals surface area contributed by atoms with E-state index < -0.39 is 11.9 Å². The van der Waals surface area contributed by atoms with Crippen LogP contribution in [0.1, 0.15) is 55.8 Å². The van der Waals surface area contributed by atoms with Gasteiger partial charge in [0, 0.05) is 12.1 Å². The van der Waals surface area contributed by atoms with Crippen LogP contribution < -0.4 is 16.7 Å². The summed E-state index contributed by atoms with van der Waals surface area (Å²) in [5.41, 5.74) is 5.03. The molecule has 0 aliphatic rings. The summed E-state index contributed by atoms with van der Waals surface area (Å²) in [6, 6.07) is 4.94. The number of phenols is 1. The number of hydrogen-bond donors (Lipinski definition) is 4. The van der Waals surface area contributed by atoms with E-state index in [1.165, 1.54) is 43.5 Å². The number of imide groups is 1. The first-order valence-corrected chi connectivity index (χ1v) is 7.97. The highest BCUT2D eigenvalue weighted by molar-refractivity contribution is 6.03. The molecule has 0 spiro atoms. The van der Waals surface area contributed by atoms with E-state index in [0.29, 0.717) is 6.54 Å². The zero-order valence-electron chi connectivity index (χ0n) is 13.5. The van der Waals surface area contributed by atoms with E-state index in [1.54, 1.807) is 0 Å². The summed E-state index contributed by atoms with van der Waals surface area (Å²) in [6.45, 7) is 2.67. The highest BCUT2D eigenvalue weighted by Gasteiger charge is 2.21. The van der Waals surface area contributed by atoms with Crippen molar-refractivity contribution in [2.75, 3.05) is 6.54 Å². The molecule has 23 heavy (non-hydrogen) atoms. The first-order valence-electron chi connectivity index (χ1n) is 7.97. The van der Waals surface area contributed by atoms with Gasteiger partial charge in [-0.1, -0.05) is 39.0 Å². The summed E-state index contributed by atoms with van der Waals surface area (Å²) in [7, 11) is 0. The van der Waals surface area contributed by atoms with E-state index in [9.17, 15) is 14.7 Å². The number of nitrogens with zero attached hydrogens (tertiary/aromatic N) is 1. The minimum Gasteiger partial charge on any atom is -0.508 e. The van der Waals surface area contributed by atoms with E-state index in [4.69, 9.17) is 5.84 Å². The van der Waals surface area contributed by atoms with Gasteiger partial charge in [0.05, 0.1) is 0 Å². The molecule has 0 fully saturated rings. The lowest BCUT2D eigenvalue weighted by Crippen LogP contribution is -2.53. The molecule has 0 saturated heterocycles. The van der Waals surface area contributed by atoms with Gasteiger partial charge in [-0.2, -0.15) is 5.01 Å². The van der Waals surface area contributed by atoms with Gasteiger partial charge >= 0.3 is 6.03 Å². The molecule has 0 radical (unpaired) electrons. The minimum absolute atomic E-state index is 0.0522. The van der Waals surface area contributed by atoms with Gasteiger partial charge in [0.15, 0.2) is 0 Å². The molecule has 3 amide bonds. The van der Waals surface area contributed by atoms with Crippen molar-refractivity contribution in [2.24, 2.45) is 5.84 Å². The Morgan fingerprint density at radius 3 is 2.30 bits per heavy atom. The second kappa shape index (κ2) is 10.6. The molecule has 5 N–H and O–H groups in total. The number of amides is 3. The van der Waals surface area contributed by atoms with E-state index >= 15 is 0 Å². The van der Waals surface area contributed by atoms with E-state index in [1.807, 2.05) is 5.43 Å². The number of nitrogens with two attached hydrogens (primary N) is 1. The fraction of sp³-hybridized carbons (Fsp3) is 0.500. The number of carbonyl (C=O) groups excluding carboxylic acids is 2. The number of rotatable bonds is 9. The van der Waals surface area contributed by atoms with Crippen LogP contribution in [0.25, 0.3) is 0 Å². The van der Waals surface area contributed by atoms with Gasteiger partial charge in [0.2, 0.25) is 0 Å². The molecular weight excluding hydrogens is 296 g/mol. The molecular formula is C16H26N4O3. The molecule has 7 heteroatoms. The molecule has 128 valence electrons. The van der Waals surface area contributed by atoms with Crippen LogP contribution in [0.3, 0.4) is 0 Å². The number of nitrogens with one attached hydrogen (secondary N) is 2.